The van der Waals surface area contributed by atoms with E-state index in [9.17, 15) is 0 Å². The number of hydrogen-bond acceptors (Lipinski definition) is 0. The molecule has 4 heterocycles. The van der Waals surface area contributed by atoms with Crippen LogP contribution in [-0.4, -0.2) is 18.3 Å². The van der Waals surface area contributed by atoms with Gasteiger partial charge in [0.1, 0.15) is 0 Å². The predicted octanol–water partition coefficient (Wildman–Crippen LogP) is 25.8. The largest absolute Gasteiger partial charge is 0.309 e. The van der Waals surface area contributed by atoms with E-state index in [4.69, 9.17) is 0 Å². The molecule has 0 spiro atoms. The van der Waals surface area contributed by atoms with Gasteiger partial charge in [0.05, 0.1) is 44.1 Å². The maximum absolute atomic E-state index is 2.41. The molecule has 0 saturated heterocycles. The first-order valence-corrected chi connectivity index (χ1v) is 34.4. The predicted molar refractivity (Wildman–Crippen MR) is 423 cm³/mol. The van der Waals surface area contributed by atoms with Gasteiger partial charge in [-0.15, -0.1) is 0 Å². The summed E-state index contributed by atoms with van der Waals surface area (Å²) in [7, 11) is 0. The third-order valence-corrected chi connectivity index (χ3v) is 20.2. The van der Waals surface area contributed by atoms with Gasteiger partial charge in [0.25, 0.3) is 0 Å². The molecule has 100 heavy (non-hydrogen) atoms. The zero-order valence-corrected chi connectivity index (χ0v) is 54.7. The average Bonchev–Trinajstić information content (AvgIpc) is 1.60. The fourth-order valence-electron chi connectivity index (χ4n) is 15.5. The first kappa shape index (κ1) is 58.1. The van der Waals surface area contributed by atoms with E-state index in [1.807, 2.05) is 0 Å². The molecule has 468 valence electrons. The third-order valence-electron chi connectivity index (χ3n) is 20.2. The minimum absolute atomic E-state index is 1.16. The molecule has 0 bridgehead atoms. The van der Waals surface area contributed by atoms with E-state index in [2.05, 4.69) is 407 Å². The second-order valence-electron chi connectivity index (χ2n) is 26.0. The van der Waals surface area contributed by atoms with E-state index in [-0.39, 0.29) is 0 Å². The van der Waals surface area contributed by atoms with E-state index in [1.54, 1.807) is 0 Å². The van der Waals surface area contributed by atoms with Crippen LogP contribution in [0.15, 0.2) is 388 Å². The molecular formula is C96H64N4. The highest BCUT2D eigenvalue weighted by atomic mass is 15.0. The summed E-state index contributed by atoms with van der Waals surface area (Å²) in [6.07, 6.45) is 0. The average molecular weight is 1270 g/mol. The van der Waals surface area contributed by atoms with Gasteiger partial charge >= 0.3 is 0 Å². The molecule has 0 radical (unpaired) electrons. The third kappa shape index (κ3) is 10.1. The van der Waals surface area contributed by atoms with Crippen molar-refractivity contribution in [3.63, 3.8) is 0 Å². The molecule has 4 aromatic heterocycles. The number of hydrogen-bond donors (Lipinski definition) is 0. The highest BCUT2D eigenvalue weighted by Gasteiger charge is 2.20. The van der Waals surface area contributed by atoms with Gasteiger partial charge in [0.15, 0.2) is 0 Å². The summed E-state index contributed by atoms with van der Waals surface area (Å²) in [5.74, 6) is 0. The molecule has 0 fully saturated rings. The molecule has 0 unspecified atom stereocenters. The Morgan fingerprint density at radius 3 is 0.650 bits per heavy atom. The Hall–Kier alpha value is -13.3. The van der Waals surface area contributed by atoms with Crippen molar-refractivity contribution in [2.24, 2.45) is 0 Å². The van der Waals surface area contributed by atoms with E-state index >= 15 is 0 Å². The van der Waals surface area contributed by atoms with Gasteiger partial charge in [0.2, 0.25) is 0 Å². The highest BCUT2D eigenvalue weighted by molar-refractivity contribution is 6.16. The summed E-state index contributed by atoms with van der Waals surface area (Å²) in [4.78, 5) is 0. The van der Waals surface area contributed by atoms with Crippen molar-refractivity contribution in [3.8, 4) is 89.5 Å². The Morgan fingerprint density at radius 2 is 0.310 bits per heavy atom. The maximum Gasteiger partial charge on any atom is 0.0541 e. The van der Waals surface area contributed by atoms with Gasteiger partial charge in [-0.2, -0.15) is 0 Å². The van der Waals surface area contributed by atoms with E-state index in [0.29, 0.717) is 0 Å². The smallest absolute Gasteiger partial charge is 0.0541 e. The van der Waals surface area contributed by atoms with Crippen LogP contribution >= 0.6 is 0 Å². The Morgan fingerprint density at radius 1 is 0.110 bits per heavy atom. The minimum Gasteiger partial charge on any atom is -0.309 e. The lowest BCUT2D eigenvalue weighted by molar-refractivity contribution is 1.18. The van der Waals surface area contributed by atoms with Crippen LogP contribution in [0.25, 0.3) is 177 Å². The zero-order chi connectivity index (χ0) is 66.0. The van der Waals surface area contributed by atoms with Crippen LogP contribution in [-0.2, 0) is 0 Å². The molecule has 0 N–H and O–H groups in total. The molecule has 20 aromatic rings. The second kappa shape index (κ2) is 24.4. The summed E-state index contributed by atoms with van der Waals surface area (Å²) < 4.78 is 9.58. The monoisotopic (exact) mass is 1270 g/mol. The van der Waals surface area contributed by atoms with Gasteiger partial charge < -0.3 is 18.3 Å². The number of benzene rings is 16. The summed E-state index contributed by atoms with van der Waals surface area (Å²) >= 11 is 0. The van der Waals surface area contributed by atoms with Crippen LogP contribution in [0.3, 0.4) is 0 Å². The van der Waals surface area contributed by atoms with Crippen molar-refractivity contribution in [2.75, 3.05) is 0 Å². The van der Waals surface area contributed by atoms with Crippen molar-refractivity contribution in [1.82, 2.24) is 18.3 Å². The molecule has 0 atom stereocenters. The highest BCUT2D eigenvalue weighted by Crippen LogP contribution is 2.43. The normalized spacial score (nSPS) is 11.6. The Balaban J connectivity index is 0.000000139. The molecule has 20 rings (SSSR count). The molecular weight excluding hydrogens is 1210 g/mol. The molecule has 0 aliphatic carbocycles. The van der Waals surface area contributed by atoms with Crippen molar-refractivity contribution < 1.29 is 0 Å². The van der Waals surface area contributed by atoms with E-state index in [0.717, 1.165) is 11.4 Å². The summed E-state index contributed by atoms with van der Waals surface area (Å²) in [5.41, 5.74) is 28.9. The van der Waals surface area contributed by atoms with Crippen molar-refractivity contribution in [1.29, 1.82) is 0 Å². The zero-order valence-electron chi connectivity index (χ0n) is 54.7. The van der Waals surface area contributed by atoms with Crippen LogP contribution < -0.4 is 0 Å². The number of rotatable bonds is 10. The molecule has 4 heteroatoms. The fourth-order valence-corrected chi connectivity index (χ4v) is 15.5. The maximum atomic E-state index is 2.41. The molecule has 0 saturated carbocycles. The first-order chi connectivity index (χ1) is 49.6. The van der Waals surface area contributed by atoms with Crippen LogP contribution in [0, 0.1) is 0 Å². The molecule has 0 aliphatic heterocycles. The topological polar surface area (TPSA) is 19.7 Å². The quantitative estimate of drug-likeness (QED) is 0.130. The van der Waals surface area contributed by atoms with Crippen molar-refractivity contribution in [2.45, 2.75) is 0 Å². The van der Waals surface area contributed by atoms with Gasteiger partial charge in [-0.05, 0) is 200 Å². The first-order valence-electron chi connectivity index (χ1n) is 34.4. The van der Waals surface area contributed by atoms with Crippen LogP contribution in [0.4, 0.5) is 0 Å². The van der Waals surface area contributed by atoms with Gasteiger partial charge in [-0.1, -0.05) is 255 Å². The van der Waals surface area contributed by atoms with Crippen LogP contribution in [0.5, 0.6) is 0 Å². The molecule has 4 nitrogen and oxygen atoms in total. The van der Waals surface area contributed by atoms with Crippen molar-refractivity contribution >= 4 is 87.2 Å². The number of fused-ring (bicyclic) bond motifs is 12. The number of para-hydroxylation sites is 4. The molecule has 0 aliphatic rings. The minimum atomic E-state index is 1.16. The lowest BCUT2D eigenvalue weighted by atomic mass is 9.99. The summed E-state index contributed by atoms with van der Waals surface area (Å²) in [5, 5.41) is 10.0. The SMILES string of the molecule is c1ccc(-c2ccc(-n3c4ccccc4c4cc(-c5ccc6c(c5)c5cc(-c7ccccc7)ccc5n6-c5ccccc5)ccc43)cc2)cc1.c1ccc(-c2cccc(-n3c4ccccc4c4cc(-c5ccc6c(c5)c5cc(-c7ccccc7)ccc5n6-c5ccccc5)ccc43)c2)cc1. The van der Waals surface area contributed by atoms with Gasteiger partial charge in [-0.3, -0.25) is 0 Å². The van der Waals surface area contributed by atoms with E-state index in [1.165, 1.54) is 165 Å². The summed E-state index contributed by atoms with van der Waals surface area (Å²) in [6.45, 7) is 0. The van der Waals surface area contributed by atoms with Crippen LogP contribution in [0.2, 0.25) is 0 Å². The molecule has 0 amide bonds. The number of aromatic nitrogens is 4. The Labute approximate surface area is 579 Å². The lowest BCUT2D eigenvalue weighted by Gasteiger charge is -2.11. The Kier molecular flexibility index (Phi) is 14.2. The lowest BCUT2D eigenvalue weighted by Crippen LogP contribution is -1.94. The van der Waals surface area contributed by atoms with Gasteiger partial charge in [0, 0.05) is 65.8 Å². The standard InChI is InChI=1S/2C48H32N2/c1-4-13-33(14-5-1)35-17-12-20-40(29-35)50-45-22-11-10-21-41(45)42-31-37(24-27-46(42)50)38-25-28-48-44(32-38)43-30-36(34-15-6-2-7-16-34)23-26-47(43)49(48)39-18-8-3-9-19-39;1-4-12-33(13-5-1)35-20-25-40(26-21-35)50-45-19-11-10-18-41(45)42-31-37(23-28-46(42)50)38-24-29-48-44(32-38)43-30-36(34-14-6-2-7-15-34)22-27-47(43)49(48)39-16-8-3-9-17-39/h2*1-32H. The molecule has 16 aromatic carbocycles. The van der Waals surface area contributed by atoms with Crippen molar-refractivity contribution in [3.05, 3.63) is 388 Å². The van der Waals surface area contributed by atoms with Gasteiger partial charge in [-0.25, -0.2) is 0 Å². The van der Waals surface area contributed by atoms with Crippen LogP contribution in [0.1, 0.15) is 0 Å². The second-order valence-corrected chi connectivity index (χ2v) is 26.0. The fraction of sp³-hybridized carbons (Fsp3) is 0. The summed E-state index contributed by atoms with van der Waals surface area (Å²) in [6, 6.07) is 141. The Bertz CT molecular complexity index is 6460. The van der Waals surface area contributed by atoms with E-state index < -0.39 is 0 Å². The number of nitrogens with zero attached hydrogens (tertiary/aromatic N) is 4.